The second kappa shape index (κ2) is 6.34. The SMILES string of the molecule is COC[C@@H]1CCC[C@]12CN(C(=O)c1cncc(C)c1)CCO2. The summed E-state index contributed by atoms with van der Waals surface area (Å²) in [5.74, 6) is 0.436. The number of nitrogens with zero attached hydrogens (tertiary/aromatic N) is 2. The van der Waals surface area contributed by atoms with E-state index in [2.05, 4.69) is 4.98 Å². The first-order valence-electron chi connectivity index (χ1n) is 7.98. The molecule has 1 aliphatic carbocycles. The van der Waals surface area contributed by atoms with E-state index in [-0.39, 0.29) is 11.5 Å². The Kier molecular flexibility index (Phi) is 4.45. The molecule has 0 N–H and O–H groups in total. The van der Waals surface area contributed by atoms with Gasteiger partial charge in [0.25, 0.3) is 5.91 Å². The van der Waals surface area contributed by atoms with Crippen LogP contribution in [-0.4, -0.2) is 54.8 Å². The molecule has 5 heteroatoms. The van der Waals surface area contributed by atoms with Gasteiger partial charge in [-0.1, -0.05) is 6.42 Å². The highest BCUT2D eigenvalue weighted by Gasteiger charge is 2.47. The molecule has 1 spiro atoms. The van der Waals surface area contributed by atoms with Crippen molar-refractivity contribution in [1.29, 1.82) is 0 Å². The van der Waals surface area contributed by atoms with Crippen LogP contribution in [-0.2, 0) is 9.47 Å². The molecule has 1 saturated heterocycles. The van der Waals surface area contributed by atoms with Gasteiger partial charge < -0.3 is 14.4 Å². The molecule has 22 heavy (non-hydrogen) atoms. The zero-order valence-electron chi connectivity index (χ0n) is 13.4. The zero-order valence-corrected chi connectivity index (χ0v) is 13.4. The average molecular weight is 304 g/mol. The number of carbonyl (C=O) groups is 1. The fourth-order valence-corrected chi connectivity index (χ4v) is 3.78. The molecule has 1 aliphatic heterocycles. The second-order valence-electron chi connectivity index (χ2n) is 6.44. The third kappa shape index (κ3) is 2.88. The van der Waals surface area contributed by atoms with Gasteiger partial charge in [0.1, 0.15) is 0 Å². The van der Waals surface area contributed by atoms with Crippen molar-refractivity contribution in [3.63, 3.8) is 0 Å². The van der Waals surface area contributed by atoms with E-state index < -0.39 is 0 Å². The van der Waals surface area contributed by atoms with Crippen LogP contribution in [0.25, 0.3) is 0 Å². The molecule has 120 valence electrons. The Morgan fingerprint density at radius 2 is 2.41 bits per heavy atom. The minimum atomic E-state index is -0.221. The number of hydrogen-bond donors (Lipinski definition) is 0. The van der Waals surface area contributed by atoms with Crippen LogP contribution in [0.5, 0.6) is 0 Å². The highest BCUT2D eigenvalue weighted by atomic mass is 16.5. The summed E-state index contributed by atoms with van der Waals surface area (Å²) < 4.78 is 11.5. The van der Waals surface area contributed by atoms with E-state index in [0.717, 1.165) is 24.8 Å². The summed E-state index contributed by atoms with van der Waals surface area (Å²) >= 11 is 0. The fraction of sp³-hybridized carbons (Fsp3) is 0.647. The fourth-order valence-electron chi connectivity index (χ4n) is 3.78. The quantitative estimate of drug-likeness (QED) is 0.857. The topological polar surface area (TPSA) is 51.7 Å². The molecular weight excluding hydrogens is 280 g/mol. The summed E-state index contributed by atoms with van der Waals surface area (Å²) in [6.07, 6.45) is 6.68. The number of amides is 1. The Balaban J connectivity index is 1.76. The first kappa shape index (κ1) is 15.4. The van der Waals surface area contributed by atoms with Crippen molar-refractivity contribution in [2.45, 2.75) is 31.8 Å². The van der Waals surface area contributed by atoms with Crippen molar-refractivity contribution in [2.75, 3.05) is 33.4 Å². The smallest absolute Gasteiger partial charge is 0.255 e. The van der Waals surface area contributed by atoms with Crippen LogP contribution >= 0.6 is 0 Å². The molecule has 5 nitrogen and oxygen atoms in total. The van der Waals surface area contributed by atoms with Crippen molar-refractivity contribution in [1.82, 2.24) is 9.88 Å². The van der Waals surface area contributed by atoms with Crippen LogP contribution in [0.1, 0.15) is 35.2 Å². The number of aryl methyl sites for hydroxylation is 1. The average Bonchev–Trinajstić information content (AvgIpc) is 2.89. The van der Waals surface area contributed by atoms with Gasteiger partial charge in [0.05, 0.1) is 30.9 Å². The van der Waals surface area contributed by atoms with Gasteiger partial charge in [0.2, 0.25) is 0 Å². The van der Waals surface area contributed by atoms with E-state index in [9.17, 15) is 4.79 Å². The third-order valence-corrected chi connectivity index (χ3v) is 4.88. The van der Waals surface area contributed by atoms with Crippen molar-refractivity contribution in [3.8, 4) is 0 Å². The van der Waals surface area contributed by atoms with Gasteiger partial charge in [-0.2, -0.15) is 0 Å². The van der Waals surface area contributed by atoms with Crippen LogP contribution in [0, 0.1) is 12.8 Å². The van der Waals surface area contributed by atoms with Crippen LogP contribution in [0.4, 0.5) is 0 Å². The number of aromatic nitrogens is 1. The van der Waals surface area contributed by atoms with Gasteiger partial charge in [-0.05, 0) is 31.4 Å². The molecule has 0 aromatic carbocycles. The number of morpholine rings is 1. The first-order chi connectivity index (χ1) is 10.6. The molecular formula is C17H24N2O3. The van der Waals surface area contributed by atoms with E-state index in [0.29, 0.717) is 37.8 Å². The molecule has 0 unspecified atom stereocenters. The summed E-state index contributed by atoms with van der Waals surface area (Å²) in [5, 5.41) is 0. The van der Waals surface area contributed by atoms with Crippen LogP contribution in [0.2, 0.25) is 0 Å². The Morgan fingerprint density at radius 1 is 1.55 bits per heavy atom. The summed E-state index contributed by atoms with van der Waals surface area (Å²) in [6.45, 7) is 4.57. The van der Waals surface area contributed by atoms with Crippen LogP contribution < -0.4 is 0 Å². The normalized spacial score (nSPS) is 28.3. The van der Waals surface area contributed by atoms with Gasteiger partial charge in [-0.3, -0.25) is 9.78 Å². The highest BCUT2D eigenvalue weighted by Crippen LogP contribution is 2.41. The highest BCUT2D eigenvalue weighted by molar-refractivity contribution is 5.94. The van der Waals surface area contributed by atoms with Crippen molar-refractivity contribution in [2.24, 2.45) is 5.92 Å². The number of pyridine rings is 1. The molecule has 2 aliphatic rings. The van der Waals surface area contributed by atoms with Gasteiger partial charge in [-0.15, -0.1) is 0 Å². The van der Waals surface area contributed by atoms with E-state index in [4.69, 9.17) is 9.47 Å². The molecule has 1 amide bonds. The number of ether oxygens (including phenoxy) is 2. The lowest BCUT2D eigenvalue weighted by molar-refractivity contribution is -0.130. The van der Waals surface area contributed by atoms with E-state index >= 15 is 0 Å². The minimum absolute atomic E-state index is 0.0574. The number of carbonyl (C=O) groups excluding carboxylic acids is 1. The summed E-state index contributed by atoms with van der Waals surface area (Å²) in [5.41, 5.74) is 1.45. The number of rotatable bonds is 3. The number of hydrogen-bond acceptors (Lipinski definition) is 4. The standard InChI is InChI=1S/C17H24N2O3/c1-13-8-14(10-18-9-13)16(20)19-6-7-22-17(12-19)5-3-4-15(17)11-21-2/h8-10,15H,3-7,11-12H2,1-2H3/t15-,17-/m0/s1. The van der Waals surface area contributed by atoms with Crippen molar-refractivity contribution in [3.05, 3.63) is 29.6 Å². The molecule has 2 heterocycles. The Labute approximate surface area is 131 Å². The lowest BCUT2D eigenvalue weighted by Crippen LogP contribution is -2.56. The molecule has 1 saturated carbocycles. The minimum Gasteiger partial charge on any atom is -0.384 e. The van der Waals surface area contributed by atoms with E-state index in [1.807, 2.05) is 17.9 Å². The summed E-state index contributed by atoms with van der Waals surface area (Å²) in [7, 11) is 1.73. The number of methoxy groups -OCH3 is 1. The monoisotopic (exact) mass is 304 g/mol. The second-order valence-corrected chi connectivity index (χ2v) is 6.44. The molecule has 1 aromatic heterocycles. The molecule has 3 rings (SSSR count). The molecule has 1 aromatic rings. The lowest BCUT2D eigenvalue weighted by Gasteiger charge is -2.44. The van der Waals surface area contributed by atoms with Crippen LogP contribution in [0.3, 0.4) is 0 Å². The Bertz CT molecular complexity index is 548. The third-order valence-electron chi connectivity index (χ3n) is 4.88. The van der Waals surface area contributed by atoms with Gasteiger partial charge in [-0.25, -0.2) is 0 Å². The molecule has 0 radical (unpaired) electrons. The van der Waals surface area contributed by atoms with Crippen LogP contribution in [0.15, 0.2) is 18.5 Å². The summed E-state index contributed by atoms with van der Waals surface area (Å²) in [6, 6.07) is 1.90. The largest absolute Gasteiger partial charge is 0.384 e. The predicted octanol–water partition coefficient (Wildman–Crippen LogP) is 2.05. The van der Waals surface area contributed by atoms with Crippen molar-refractivity contribution >= 4 is 5.91 Å². The Morgan fingerprint density at radius 3 is 3.18 bits per heavy atom. The maximum atomic E-state index is 12.8. The van der Waals surface area contributed by atoms with E-state index in [1.54, 1.807) is 19.5 Å². The molecule has 0 bridgehead atoms. The Hall–Kier alpha value is -1.46. The van der Waals surface area contributed by atoms with E-state index in [1.165, 1.54) is 0 Å². The first-order valence-corrected chi connectivity index (χ1v) is 7.98. The van der Waals surface area contributed by atoms with Gasteiger partial charge in [0, 0.05) is 32.0 Å². The zero-order chi connectivity index (χ0) is 15.6. The van der Waals surface area contributed by atoms with Gasteiger partial charge >= 0.3 is 0 Å². The maximum Gasteiger partial charge on any atom is 0.255 e. The maximum absolute atomic E-state index is 12.8. The summed E-state index contributed by atoms with van der Waals surface area (Å²) in [4.78, 5) is 18.8. The predicted molar refractivity (Wildman–Crippen MR) is 82.8 cm³/mol. The lowest BCUT2D eigenvalue weighted by atomic mass is 9.89. The molecule has 2 fully saturated rings. The van der Waals surface area contributed by atoms with Gasteiger partial charge in [0.15, 0.2) is 0 Å². The van der Waals surface area contributed by atoms with Crippen molar-refractivity contribution < 1.29 is 14.3 Å². The molecule has 2 atom stereocenters.